The zero-order valence-electron chi connectivity index (χ0n) is 11.4. The molecule has 0 saturated carbocycles. The predicted octanol–water partition coefficient (Wildman–Crippen LogP) is 3.21. The highest BCUT2D eigenvalue weighted by atomic mass is 32.1. The first-order valence-electron chi connectivity index (χ1n) is 6.55. The monoisotopic (exact) mass is 298 g/mol. The maximum absolute atomic E-state index is 12.2. The van der Waals surface area contributed by atoms with Gasteiger partial charge in [-0.25, -0.2) is 4.98 Å². The molecule has 0 aliphatic heterocycles. The van der Waals surface area contributed by atoms with Crippen molar-refractivity contribution in [3.63, 3.8) is 0 Å². The van der Waals surface area contributed by atoms with Crippen molar-refractivity contribution >= 4 is 22.4 Å². The number of nitrogens with one attached hydrogen (secondary N) is 1. The maximum atomic E-state index is 12.2. The molecule has 0 spiro atoms. The Morgan fingerprint density at radius 1 is 1.29 bits per heavy atom. The van der Waals surface area contributed by atoms with E-state index in [1.807, 2.05) is 35.7 Å². The van der Waals surface area contributed by atoms with Gasteiger partial charge in [-0.3, -0.25) is 9.48 Å². The lowest BCUT2D eigenvalue weighted by atomic mass is 10.2. The summed E-state index contributed by atoms with van der Waals surface area (Å²) in [4.78, 5) is 16.6. The lowest BCUT2D eigenvalue weighted by Gasteiger charge is -2.10. The Labute approximate surface area is 126 Å². The number of aromatic nitrogens is 3. The van der Waals surface area contributed by atoms with Crippen LogP contribution in [-0.4, -0.2) is 20.7 Å². The van der Waals surface area contributed by atoms with E-state index >= 15 is 0 Å². The van der Waals surface area contributed by atoms with Crippen LogP contribution in [0.4, 0.5) is 5.13 Å². The first-order valence-corrected chi connectivity index (χ1v) is 7.43. The highest BCUT2D eigenvalue weighted by molar-refractivity contribution is 7.14. The summed E-state index contributed by atoms with van der Waals surface area (Å²) in [6.45, 7) is 1.80. The SMILES string of the molecule is CC(C(=O)Nc1nc(-c2ccccc2)cs1)n1cccn1. The molecule has 0 bridgehead atoms. The fourth-order valence-electron chi connectivity index (χ4n) is 1.91. The molecule has 21 heavy (non-hydrogen) atoms. The van der Waals surface area contributed by atoms with E-state index in [-0.39, 0.29) is 11.9 Å². The summed E-state index contributed by atoms with van der Waals surface area (Å²) in [5, 5.41) is 9.43. The summed E-state index contributed by atoms with van der Waals surface area (Å²) >= 11 is 1.41. The Bertz CT molecular complexity index is 721. The largest absolute Gasteiger partial charge is 0.300 e. The van der Waals surface area contributed by atoms with Gasteiger partial charge in [0.2, 0.25) is 0 Å². The molecular formula is C15H14N4OS. The minimum Gasteiger partial charge on any atom is -0.300 e. The van der Waals surface area contributed by atoms with Crippen molar-refractivity contribution in [2.24, 2.45) is 0 Å². The third kappa shape index (κ3) is 3.00. The molecule has 1 amide bonds. The molecule has 0 saturated heterocycles. The van der Waals surface area contributed by atoms with Gasteiger partial charge in [0.25, 0.3) is 5.91 Å². The average molecular weight is 298 g/mol. The van der Waals surface area contributed by atoms with E-state index in [4.69, 9.17) is 0 Å². The molecule has 2 aromatic heterocycles. The van der Waals surface area contributed by atoms with Crippen molar-refractivity contribution in [2.45, 2.75) is 13.0 Å². The maximum Gasteiger partial charge on any atom is 0.250 e. The number of anilines is 1. The molecule has 2 heterocycles. The zero-order valence-corrected chi connectivity index (χ0v) is 12.2. The standard InChI is InChI=1S/C15H14N4OS/c1-11(19-9-5-8-16-19)14(20)18-15-17-13(10-21-15)12-6-3-2-4-7-12/h2-11H,1H3,(H,17,18,20). The van der Waals surface area contributed by atoms with Crippen molar-refractivity contribution in [1.82, 2.24) is 14.8 Å². The van der Waals surface area contributed by atoms with Crippen LogP contribution in [0.25, 0.3) is 11.3 Å². The Balaban J connectivity index is 1.71. The van der Waals surface area contributed by atoms with Crippen LogP contribution in [0.1, 0.15) is 13.0 Å². The Morgan fingerprint density at radius 3 is 2.81 bits per heavy atom. The highest BCUT2D eigenvalue weighted by Crippen LogP contribution is 2.25. The second-order valence-electron chi connectivity index (χ2n) is 4.56. The van der Waals surface area contributed by atoms with Crippen molar-refractivity contribution in [3.05, 3.63) is 54.2 Å². The highest BCUT2D eigenvalue weighted by Gasteiger charge is 2.16. The normalized spacial score (nSPS) is 12.0. The minimum atomic E-state index is -0.371. The molecule has 0 fully saturated rings. The molecule has 1 aromatic carbocycles. The number of amides is 1. The summed E-state index contributed by atoms with van der Waals surface area (Å²) in [5.74, 6) is -0.132. The van der Waals surface area contributed by atoms with Gasteiger partial charge in [0.15, 0.2) is 5.13 Å². The van der Waals surface area contributed by atoms with E-state index in [0.717, 1.165) is 11.3 Å². The van der Waals surface area contributed by atoms with E-state index in [0.29, 0.717) is 5.13 Å². The van der Waals surface area contributed by atoms with E-state index < -0.39 is 0 Å². The number of hydrogen-bond acceptors (Lipinski definition) is 4. The summed E-state index contributed by atoms with van der Waals surface area (Å²) in [7, 11) is 0. The smallest absolute Gasteiger partial charge is 0.250 e. The van der Waals surface area contributed by atoms with Crippen molar-refractivity contribution in [3.8, 4) is 11.3 Å². The van der Waals surface area contributed by atoms with Crippen LogP contribution in [0, 0.1) is 0 Å². The minimum absolute atomic E-state index is 0.132. The Morgan fingerprint density at radius 2 is 2.10 bits per heavy atom. The molecule has 0 aliphatic rings. The van der Waals surface area contributed by atoms with Crippen LogP contribution < -0.4 is 5.32 Å². The summed E-state index contributed by atoms with van der Waals surface area (Å²) in [5.41, 5.74) is 1.90. The van der Waals surface area contributed by atoms with Crippen LogP contribution in [0.2, 0.25) is 0 Å². The molecule has 1 unspecified atom stereocenters. The van der Waals surface area contributed by atoms with Gasteiger partial charge in [0.1, 0.15) is 6.04 Å². The van der Waals surface area contributed by atoms with E-state index in [9.17, 15) is 4.79 Å². The fourth-order valence-corrected chi connectivity index (χ4v) is 2.63. The van der Waals surface area contributed by atoms with E-state index in [1.165, 1.54) is 11.3 Å². The third-order valence-corrected chi connectivity index (χ3v) is 3.86. The lowest BCUT2D eigenvalue weighted by molar-refractivity contribution is -0.119. The van der Waals surface area contributed by atoms with Gasteiger partial charge < -0.3 is 5.32 Å². The first kappa shape index (κ1) is 13.5. The van der Waals surface area contributed by atoms with Crippen LogP contribution in [0.15, 0.2) is 54.2 Å². The molecule has 1 N–H and O–H groups in total. The number of thiazole rings is 1. The van der Waals surface area contributed by atoms with Crippen molar-refractivity contribution in [1.29, 1.82) is 0 Å². The molecule has 3 rings (SSSR count). The van der Waals surface area contributed by atoms with Crippen LogP contribution in [-0.2, 0) is 4.79 Å². The summed E-state index contributed by atoms with van der Waals surface area (Å²) < 4.78 is 1.61. The van der Waals surface area contributed by atoms with Crippen LogP contribution in [0.3, 0.4) is 0 Å². The molecule has 0 radical (unpaired) electrons. The number of rotatable bonds is 4. The third-order valence-electron chi connectivity index (χ3n) is 3.10. The summed E-state index contributed by atoms with van der Waals surface area (Å²) in [6, 6.07) is 11.3. The average Bonchev–Trinajstić information content (AvgIpc) is 3.19. The molecule has 6 heteroatoms. The Kier molecular flexibility index (Phi) is 3.79. The van der Waals surface area contributed by atoms with E-state index in [2.05, 4.69) is 15.4 Å². The molecule has 5 nitrogen and oxygen atoms in total. The van der Waals surface area contributed by atoms with Gasteiger partial charge in [0.05, 0.1) is 5.69 Å². The number of benzene rings is 1. The molecule has 3 aromatic rings. The van der Waals surface area contributed by atoms with Gasteiger partial charge in [-0.05, 0) is 13.0 Å². The fraction of sp³-hybridized carbons (Fsp3) is 0.133. The quantitative estimate of drug-likeness (QED) is 0.804. The van der Waals surface area contributed by atoms with E-state index in [1.54, 1.807) is 30.1 Å². The summed E-state index contributed by atoms with van der Waals surface area (Å²) in [6.07, 6.45) is 3.42. The van der Waals surface area contributed by atoms with Gasteiger partial charge in [0, 0.05) is 23.3 Å². The number of hydrogen-bond donors (Lipinski definition) is 1. The van der Waals surface area contributed by atoms with Gasteiger partial charge >= 0.3 is 0 Å². The first-order chi connectivity index (χ1) is 10.2. The lowest BCUT2D eigenvalue weighted by Crippen LogP contribution is -2.23. The van der Waals surface area contributed by atoms with Gasteiger partial charge in [-0.2, -0.15) is 5.10 Å². The van der Waals surface area contributed by atoms with Crippen LogP contribution >= 0.6 is 11.3 Å². The molecule has 0 aliphatic carbocycles. The molecule has 106 valence electrons. The Hall–Kier alpha value is -2.47. The van der Waals surface area contributed by atoms with Crippen molar-refractivity contribution < 1.29 is 4.79 Å². The molecular weight excluding hydrogens is 284 g/mol. The molecule has 1 atom stereocenters. The zero-order chi connectivity index (χ0) is 14.7. The van der Waals surface area contributed by atoms with Crippen molar-refractivity contribution in [2.75, 3.05) is 5.32 Å². The number of carbonyl (C=O) groups excluding carboxylic acids is 1. The second kappa shape index (κ2) is 5.88. The topological polar surface area (TPSA) is 59.8 Å². The van der Waals surface area contributed by atoms with Gasteiger partial charge in [-0.15, -0.1) is 11.3 Å². The van der Waals surface area contributed by atoms with Crippen LogP contribution in [0.5, 0.6) is 0 Å². The number of carbonyl (C=O) groups is 1. The number of nitrogens with zero attached hydrogens (tertiary/aromatic N) is 3. The van der Waals surface area contributed by atoms with Gasteiger partial charge in [-0.1, -0.05) is 30.3 Å². The second-order valence-corrected chi connectivity index (χ2v) is 5.41. The predicted molar refractivity (Wildman–Crippen MR) is 83.1 cm³/mol.